The maximum absolute atomic E-state index is 10.6. The lowest BCUT2D eigenvalue weighted by atomic mass is 10.3. The summed E-state index contributed by atoms with van der Waals surface area (Å²) in [6.07, 6.45) is 0.153. The third kappa shape index (κ3) is 4.64. The predicted octanol–water partition coefficient (Wildman–Crippen LogP) is 1.41. The molecule has 0 amide bonds. The number of aromatic nitrogens is 1. The first kappa shape index (κ1) is 13.2. The number of nitrogens with one attached hydrogen (secondary N) is 1. The number of hydrogen-bond donors (Lipinski definition) is 2. The number of anilines is 2. The summed E-state index contributed by atoms with van der Waals surface area (Å²) in [4.78, 5) is 14.0. The van der Waals surface area contributed by atoms with Crippen molar-refractivity contribution in [2.45, 2.75) is 20.0 Å². The van der Waals surface area contributed by atoms with Gasteiger partial charge in [-0.25, -0.2) is 4.98 Å². The van der Waals surface area contributed by atoms with Crippen LogP contribution in [0, 0.1) is 10.1 Å². The van der Waals surface area contributed by atoms with Crippen LogP contribution in [0.15, 0.2) is 12.1 Å². The van der Waals surface area contributed by atoms with E-state index in [1.807, 2.05) is 13.8 Å². The van der Waals surface area contributed by atoms with Crippen molar-refractivity contribution in [3.05, 3.63) is 22.2 Å². The number of hydrogen-bond acceptors (Lipinski definition) is 6. The van der Waals surface area contributed by atoms with Gasteiger partial charge in [0.2, 0.25) is 0 Å². The molecular formula is C10H16N4O3. The van der Waals surface area contributed by atoms with E-state index in [-0.39, 0.29) is 17.6 Å². The molecule has 0 fully saturated rings. The summed E-state index contributed by atoms with van der Waals surface area (Å²) in [6.45, 7) is 4.89. The van der Waals surface area contributed by atoms with Crippen LogP contribution in [0.3, 0.4) is 0 Å². The molecule has 94 valence electrons. The Hall–Kier alpha value is -1.89. The first-order chi connectivity index (χ1) is 7.99. The molecule has 7 heteroatoms. The van der Waals surface area contributed by atoms with Gasteiger partial charge in [-0.05, 0) is 13.8 Å². The molecule has 0 radical (unpaired) electrons. The first-order valence-electron chi connectivity index (χ1n) is 5.26. The van der Waals surface area contributed by atoms with Gasteiger partial charge >= 0.3 is 0 Å². The van der Waals surface area contributed by atoms with Gasteiger partial charge in [0, 0.05) is 6.54 Å². The van der Waals surface area contributed by atoms with Crippen LogP contribution in [-0.4, -0.2) is 29.2 Å². The highest BCUT2D eigenvalue weighted by molar-refractivity contribution is 5.52. The summed E-state index contributed by atoms with van der Waals surface area (Å²) < 4.78 is 5.32. The van der Waals surface area contributed by atoms with Crippen LogP contribution in [-0.2, 0) is 4.74 Å². The molecule has 0 bridgehead atoms. The number of pyridine rings is 1. The molecule has 0 aliphatic heterocycles. The average Bonchev–Trinajstić information content (AvgIpc) is 2.23. The Morgan fingerprint density at radius 1 is 1.59 bits per heavy atom. The van der Waals surface area contributed by atoms with Crippen molar-refractivity contribution in [3.63, 3.8) is 0 Å². The van der Waals surface area contributed by atoms with Gasteiger partial charge < -0.3 is 15.8 Å². The van der Waals surface area contributed by atoms with Gasteiger partial charge in [0.05, 0.1) is 29.8 Å². The zero-order valence-corrected chi connectivity index (χ0v) is 9.84. The van der Waals surface area contributed by atoms with Crippen LogP contribution >= 0.6 is 0 Å². The molecule has 0 aliphatic carbocycles. The van der Waals surface area contributed by atoms with Crippen molar-refractivity contribution in [3.8, 4) is 0 Å². The van der Waals surface area contributed by atoms with Crippen LogP contribution in [0.1, 0.15) is 13.8 Å². The lowest BCUT2D eigenvalue weighted by Crippen LogP contribution is -2.14. The fourth-order valence-electron chi connectivity index (χ4n) is 1.21. The number of rotatable bonds is 6. The number of nitrogen functional groups attached to an aromatic ring is 1. The van der Waals surface area contributed by atoms with Gasteiger partial charge in [0.1, 0.15) is 11.6 Å². The summed E-state index contributed by atoms with van der Waals surface area (Å²) in [7, 11) is 0. The fraction of sp³-hybridized carbons (Fsp3) is 0.500. The number of nitrogens with zero attached hydrogens (tertiary/aromatic N) is 2. The molecular weight excluding hydrogens is 224 g/mol. The molecule has 0 saturated heterocycles. The maximum atomic E-state index is 10.6. The van der Waals surface area contributed by atoms with Gasteiger partial charge in [-0.3, -0.25) is 10.1 Å². The zero-order chi connectivity index (χ0) is 12.8. The highest BCUT2D eigenvalue weighted by Crippen LogP contribution is 2.18. The van der Waals surface area contributed by atoms with Gasteiger partial charge in [-0.15, -0.1) is 0 Å². The molecule has 1 aromatic heterocycles. The Labute approximate surface area is 99.1 Å². The molecule has 0 saturated carbocycles. The van der Waals surface area contributed by atoms with E-state index in [0.29, 0.717) is 19.0 Å². The summed E-state index contributed by atoms with van der Waals surface area (Å²) in [6, 6.07) is 2.56. The molecule has 7 nitrogen and oxygen atoms in total. The van der Waals surface area contributed by atoms with E-state index in [1.54, 1.807) is 0 Å². The Morgan fingerprint density at radius 2 is 2.29 bits per heavy atom. The van der Waals surface area contributed by atoms with Crippen molar-refractivity contribution < 1.29 is 9.66 Å². The Balaban J connectivity index is 2.56. The van der Waals surface area contributed by atoms with Crippen molar-refractivity contribution in [1.29, 1.82) is 0 Å². The van der Waals surface area contributed by atoms with Gasteiger partial charge in [0.25, 0.3) is 5.69 Å². The number of ether oxygens (including phenoxy) is 1. The predicted molar refractivity (Wildman–Crippen MR) is 64.9 cm³/mol. The lowest BCUT2D eigenvalue weighted by Gasteiger charge is -2.09. The van der Waals surface area contributed by atoms with E-state index >= 15 is 0 Å². The van der Waals surface area contributed by atoms with E-state index < -0.39 is 4.92 Å². The smallest absolute Gasteiger partial charge is 0.276 e. The lowest BCUT2D eigenvalue weighted by molar-refractivity contribution is -0.384. The van der Waals surface area contributed by atoms with Crippen LogP contribution in [0.5, 0.6) is 0 Å². The van der Waals surface area contributed by atoms with E-state index in [1.165, 1.54) is 12.1 Å². The Kier molecular flexibility index (Phi) is 4.65. The molecule has 1 heterocycles. The monoisotopic (exact) mass is 240 g/mol. The average molecular weight is 240 g/mol. The Bertz CT molecular complexity index is 395. The van der Waals surface area contributed by atoms with Gasteiger partial charge in [0.15, 0.2) is 0 Å². The van der Waals surface area contributed by atoms with Gasteiger partial charge in [-0.1, -0.05) is 0 Å². The standard InChI is InChI=1S/C10H16N4O3/c1-7(2)17-4-3-12-10-6-8(14(15)16)5-9(11)13-10/h5-7H,3-4H2,1-2H3,(H3,11,12,13). The van der Waals surface area contributed by atoms with E-state index in [2.05, 4.69) is 10.3 Å². The molecule has 1 rings (SSSR count). The summed E-state index contributed by atoms with van der Waals surface area (Å²) in [5, 5.41) is 13.5. The summed E-state index contributed by atoms with van der Waals surface area (Å²) in [5.41, 5.74) is 5.38. The summed E-state index contributed by atoms with van der Waals surface area (Å²) >= 11 is 0. The van der Waals surface area contributed by atoms with Gasteiger partial charge in [-0.2, -0.15) is 0 Å². The topological polar surface area (TPSA) is 103 Å². The largest absolute Gasteiger partial charge is 0.383 e. The van der Waals surface area contributed by atoms with E-state index in [9.17, 15) is 10.1 Å². The van der Waals surface area contributed by atoms with Crippen molar-refractivity contribution in [2.75, 3.05) is 24.2 Å². The van der Waals surface area contributed by atoms with E-state index in [0.717, 1.165) is 0 Å². The molecule has 0 spiro atoms. The normalized spacial score (nSPS) is 10.5. The second-order valence-electron chi connectivity index (χ2n) is 3.74. The molecule has 1 aromatic rings. The van der Waals surface area contributed by atoms with Crippen molar-refractivity contribution in [1.82, 2.24) is 4.98 Å². The van der Waals surface area contributed by atoms with Crippen LogP contribution in [0.4, 0.5) is 17.3 Å². The maximum Gasteiger partial charge on any atom is 0.276 e. The number of nitro groups is 1. The molecule has 0 atom stereocenters. The summed E-state index contributed by atoms with van der Waals surface area (Å²) in [5.74, 6) is 0.496. The van der Waals surface area contributed by atoms with Crippen molar-refractivity contribution in [2.24, 2.45) is 0 Å². The third-order valence-corrected chi connectivity index (χ3v) is 1.90. The second-order valence-corrected chi connectivity index (χ2v) is 3.74. The van der Waals surface area contributed by atoms with Crippen molar-refractivity contribution >= 4 is 17.3 Å². The molecule has 0 unspecified atom stereocenters. The highest BCUT2D eigenvalue weighted by atomic mass is 16.6. The Morgan fingerprint density at radius 3 is 2.88 bits per heavy atom. The minimum atomic E-state index is -0.506. The third-order valence-electron chi connectivity index (χ3n) is 1.90. The van der Waals surface area contributed by atoms with E-state index in [4.69, 9.17) is 10.5 Å². The molecule has 0 aliphatic rings. The minimum absolute atomic E-state index is 0.0789. The van der Waals surface area contributed by atoms with Crippen LogP contribution in [0.25, 0.3) is 0 Å². The first-order valence-corrected chi connectivity index (χ1v) is 5.26. The second kappa shape index (κ2) is 6.00. The highest BCUT2D eigenvalue weighted by Gasteiger charge is 2.09. The van der Waals surface area contributed by atoms with Crippen LogP contribution < -0.4 is 11.1 Å². The molecule has 17 heavy (non-hydrogen) atoms. The minimum Gasteiger partial charge on any atom is -0.383 e. The fourth-order valence-corrected chi connectivity index (χ4v) is 1.21. The van der Waals surface area contributed by atoms with Crippen LogP contribution in [0.2, 0.25) is 0 Å². The molecule has 3 N–H and O–H groups in total. The number of nitrogens with two attached hydrogens (primary N) is 1. The quantitative estimate of drug-likeness (QED) is 0.442. The SMILES string of the molecule is CC(C)OCCNc1cc([N+](=O)[O-])cc(N)n1. The molecule has 0 aromatic carbocycles. The zero-order valence-electron chi connectivity index (χ0n) is 9.84.